The van der Waals surface area contributed by atoms with Gasteiger partial charge in [-0.3, -0.25) is 4.79 Å². The van der Waals surface area contributed by atoms with E-state index in [0.29, 0.717) is 0 Å². The van der Waals surface area contributed by atoms with Gasteiger partial charge in [-0.15, -0.1) is 0 Å². The molecule has 2 heteroatoms. The van der Waals surface area contributed by atoms with Crippen LogP contribution in [0, 0.1) is 0 Å². The molecule has 0 aliphatic carbocycles. The van der Waals surface area contributed by atoms with Crippen LogP contribution in [0.5, 0.6) is 0 Å². The average Bonchev–Trinajstić information content (AvgIpc) is 2.30. The Morgan fingerprint density at radius 3 is 1.40 bits per heavy atom. The maximum absolute atomic E-state index is 11.8. The van der Waals surface area contributed by atoms with Crippen molar-refractivity contribution < 1.29 is 57.6 Å². The van der Waals surface area contributed by atoms with Crippen LogP contribution in [0.2, 0.25) is 0 Å². The molecule has 0 aromatic heterocycles. The van der Waals surface area contributed by atoms with E-state index < -0.39 is 0 Å². The molecule has 0 amide bonds. The molecule has 0 fully saturated rings. The topological polar surface area (TPSA) is 17.1 Å². The van der Waals surface area contributed by atoms with Crippen molar-refractivity contribution in [3.05, 3.63) is 71.8 Å². The van der Waals surface area contributed by atoms with Gasteiger partial charge in [0.15, 0.2) is 5.78 Å². The zero-order valence-corrected chi connectivity index (χ0v) is 11.8. The number of benzene rings is 2. The minimum Gasteiger partial charge on any atom is -1.00 e. The molecule has 0 unspecified atom stereocenters. The molecular weight excluding hydrogens is 211 g/mol. The van der Waals surface area contributed by atoms with Crippen LogP contribution < -0.4 is 51.4 Å². The van der Waals surface area contributed by atoms with Gasteiger partial charge in [0, 0.05) is 11.1 Å². The average molecular weight is 222 g/mol. The summed E-state index contributed by atoms with van der Waals surface area (Å²) in [6.07, 6.45) is 0. The number of hydrogen-bond acceptors (Lipinski definition) is 1. The van der Waals surface area contributed by atoms with Gasteiger partial charge >= 0.3 is 51.4 Å². The fourth-order valence-electron chi connectivity index (χ4n) is 1.35. The minimum atomic E-state index is 0. The van der Waals surface area contributed by atoms with Gasteiger partial charge in [-0.05, 0) is 0 Å². The summed E-state index contributed by atoms with van der Waals surface area (Å²) in [5.74, 6) is 0.0752. The molecule has 2 aromatic carbocycles. The van der Waals surface area contributed by atoms with Crippen LogP contribution in [0.15, 0.2) is 60.7 Å². The summed E-state index contributed by atoms with van der Waals surface area (Å²) < 4.78 is 0. The van der Waals surface area contributed by atoms with Gasteiger partial charge in [0.05, 0.1) is 0 Å². The number of rotatable bonds is 2. The van der Waals surface area contributed by atoms with Crippen LogP contribution in [0.4, 0.5) is 0 Å². The maximum Gasteiger partial charge on any atom is 1.00 e. The summed E-state index contributed by atoms with van der Waals surface area (Å²) in [7, 11) is 0. The van der Waals surface area contributed by atoms with Crippen LogP contribution in [-0.4, -0.2) is 5.78 Å². The first kappa shape index (κ1) is 12.8. The van der Waals surface area contributed by atoms with E-state index in [0.717, 1.165) is 11.1 Å². The molecule has 0 saturated heterocycles. The van der Waals surface area contributed by atoms with Crippen molar-refractivity contribution in [3.63, 3.8) is 0 Å². The van der Waals surface area contributed by atoms with Crippen LogP contribution in [0.25, 0.3) is 0 Å². The maximum atomic E-state index is 11.8. The Morgan fingerprint density at radius 2 is 1.07 bits per heavy atom. The number of carbonyl (C=O) groups is 1. The molecule has 0 spiro atoms. The quantitative estimate of drug-likeness (QED) is 0.518. The van der Waals surface area contributed by atoms with Crippen LogP contribution in [0.3, 0.4) is 0 Å². The number of ketones is 1. The van der Waals surface area contributed by atoms with Crippen LogP contribution in [0.1, 0.15) is 17.3 Å². The number of hydrogen-bond donors (Lipinski definition) is 0. The van der Waals surface area contributed by atoms with Gasteiger partial charge in [-0.1, -0.05) is 60.7 Å². The summed E-state index contributed by atoms with van der Waals surface area (Å²) in [6, 6.07) is 18.6. The SMILES string of the molecule is O=C(c1ccccc1)c1ccccc1.[H-].[K+]. The zero-order valence-electron chi connectivity index (χ0n) is 9.68. The Hall–Kier alpha value is -0.254. The summed E-state index contributed by atoms with van der Waals surface area (Å²) in [6.45, 7) is 0. The van der Waals surface area contributed by atoms with Crippen LogP contribution in [-0.2, 0) is 0 Å². The summed E-state index contributed by atoms with van der Waals surface area (Å²) in [4.78, 5) is 11.8. The van der Waals surface area contributed by atoms with E-state index in [1.165, 1.54) is 0 Å². The van der Waals surface area contributed by atoms with E-state index in [4.69, 9.17) is 0 Å². The van der Waals surface area contributed by atoms with Gasteiger partial charge in [0.1, 0.15) is 0 Å². The van der Waals surface area contributed by atoms with Gasteiger partial charge in [-0.25, -0.2) is 0 Å². The Kier molecular flexibility index (Phi) is 5.43. The van der Waals surface area contributed by atoms with E-state index in [-0.39, 0.29) is 58.6 Å². The van der Waals surface area contributed by atoms with E-state index >= 15 is 0 Å². The molecule has 0 aliphatic heterocycles. The first-order valence-corrected chi connectivity index (χ1v) is 4.53. The fraction of sp³-hybridized carbons (Fsp3) is 0. The minimum absolute atomic E-state index is 0. The third-order valence-electron chi connectivity index (χ3n) is 2.07. The number of carbonyl (C=O) groups excluding carboxylic acids is 1. The van der Waals surface area contributed by atoms with E-state index in [1.807, 2.05) is 60.7 Å². The van der Waals surface area contributed by atoms with Crippen molar-refractivity contribution in [1.29, 1.82) is 0 Å². The smallest absolute Gasteiger partial charge is 1.00 e. The predicted octanol–water partition coefficient (Wildman–Crippen LogP) is 0.0341. The second-order valence-electron chi connectivity index (χ2n) is 3.06. The fourth-order valence-corrected chi connectivity index (χ4v) is 1.35. The van der Waals surface area contributed by atoms with Crippen molar-refractivity contribution >= 4 is 5.78 Å². The van der Waals surface area contributed by atoms with Gasteiger partial charge < -0.3 is 1.43 Å². The Labute approximate surface area is 133 Å². The van der Waals surface area contributed by atoms with Crippen molar-refractivity contribution in [2.24, 2.45) is 0 Å². The standard InChI is InChI=1S/C13H10O.K.H/c14-13(11-7-3-1-4-8-11)12-9-5-2-6-10-12;;/h1-10H;;/q;+1;-1. The molecule has 0 atom stereocenters. The predicted molar refractivity (Wildman–Crippen MR) is 57.4 cm³/mol. The van der Waals surface area contributed by atoms with Crippen molar-refractivity contribution in [2.75, 3.05) is 0 Å². The van der Waals surface area contributed by atoms with E-state index in [1.54, 1.807) is 0 Å². The Morgan fingerprint density at radius 1 is 0.733 bits per heavy atom. The Balaban J connectivity index is 0.00000112. The van der Waals surface area contributed by atoms with Gasteiger partial charge in [0.25, 0.3) is 0 Å². The molecule has 2 aromatic rings. The monoisotopic (exact) mass is 222 g/mol. The molecule has 1 nitrogen and oxygen atoms in total. The third-order valence-corrected chi connectivity index (χ3v) is 2.07. The molecule has 0 bridgehead atoms. The second kappa shape index (κ2) is 6.36. The molecule has 0 heterocycles. The molecular formula is C13H11KO. The van der Waals surface area contributed by atoms with Crippen molar-refractivity contribution in [3.8, 4) is 0 Å². The molecule has 0 saturated carbocycles. The molecule has 0 radical (unpaired) electrons. The third kappa shape index (κ3) is 3.36. The molecule has 2 rings (SSSR count). The van der Waals surface area contributed by atoms with Crippen LogP contribution >= 0.6 is 0 Å². The largest absolute Gasteiger partial charge is 1.00 e. The Bertz CT molecular complexity index is 387. The van der Waals surface area contributed by atoms with Gasteiger partial charge in [-0.2, -0.15) is 0 Å². The van der Waals surface area contributed by atoms with Crippen molar-refractivity contribution in [1.82, 2.24) is 0 Å². The molecule has 70 valence electrons. The second-order valence-corrected chi connectivity index (χ2v) is 3.06. The summed E-state index contributed by atoms with van der Waals surface area (Å²) in [5, 5.41) is 0. The zero-order chi connectivity index (χ0) is 9.80. The molecule has 0 N–H and O–H groups in total. The summed E-state index contributed by atoms with van der Waals surface area (Å²) in [5.41, 5.74) is 1.47. The van der Waals surface area contributed by atoms with Gasteiger partial charge in [0.2, 0.25) is 0 Å². The summed E-state index contributed by atoms with van der Waals surface area (Å²) >= 11 is 0. The van der Waals surface area contributed by atoms with E-state index in [2.05, 4.69) is 0 Å². The molecule has 0 aliphatic rings. The van der Waals surface area contributed by atoms with Crippen molar-refractivity contribution in [2.45, 2.75) is 0 Å². The first-order valence-electron chi connectivity index (χ1n) is 4.53. The molecule has 15 heavy (non-hydrogen) atoms. The van der Waals surface area contributed by atoms with E-state index in [9.17, 15) is 4.79 Å². The first-order chi connectivity index (χ1) is 6.88. The normalized spacial score (nSPS) is 9.07.